The smallest absolute Gasteiger partial charge is 0.382 e. The summed E-state index contributed by atoms with van der Waals surface area (Å²) in [5, 5.41) is 7.57. The number of aliphatic imine (C=N–C) groups is 1. The molecule has 2 aliphatic rings. The Labute approximate surface area is 216 Å². The number of anilines is 2. The molecule has 3 N–H and O–H groups in total. The topological polar surface area (TPSA) is 106 Å². The number of nitrogens with two attached hydrogens (primary N) is 1. The molecular weight excluding hydrogens is 504 g/mol. The number of halogens is 4. The highest BCUT2D eigenvalue weighted by Gasteiger charge is 2.35. The molecule has 2 fully saturated rings. The quantitative estimate of drug-likeness (QED) is 0.348. The fourth-order valence-electron chi connectivity index (χ4n) is 4.65. The minimum absolute atomic E-state index is 0.147. The Morgan fingerprint density at radius 2 is 2.08 bits per heavy atom. The normalized spacial score (nSPS) is 21.2. The van der Waals surface area contributed by atoms with Crippen LogP contribution < -0.4 is 11.1 Å². The number of ether oxygens (including phenoxy) is 1. The van der Waals surface area contributed by atoms with Crippen LogP contribution in [0.1, 0.15) is 18.5 Å². The van der Waals surface area contributed by atoms with Crippen LogP contribution in [0.25, 0.3) is 16.8 Å². The highest BCUT2D eigenvalue weighted by Crippen LogP contribution is 2.31. The van der Waals surface area contributed by atoms with Gasteiger partial charge in [0.05, 0.1) is 48.8 Å². The van der Waals surface area contributed by atoms with Gasteiger partial charge in [-0.15, -0.1) is 5.10 Å². The molecule has 202 valence electrons. The van der Waals surface area contributed by atoms with Gasteiger partial charge in [-0.1, -0.05) is 6.58 Å². The molecule has 2 atom stereocenters. The molecule has 2 saturated heterocycles. The second-order valence-electron chi connectivity index (χ2n) is 9.59. The van der Waals surface area contributed by atoms with Crippen molar-refractivity contribution < 1.29 is 22.3 Å². The van der Waals surface area contributed by atoms with Crippen LogP contribution in [0.15, 0.2) is 41.5 Å². The van der Waals surface area contributed by atoms with E-state index in [1.807, 2.05) is 0 Å². The monoisotopic (exact) mass is 532 g/mol. The maximum Gasteiger partial charge on any atom is 0.393 e. The van der Waals surface area contributed by atoms with E-state index in [0.717, 1.165) is 12.8 Å². The van der Waals surface area contributed by atoms with Gasteiger partial charge < -0.3 is 15.8 Å². The van der Waals surface area contributed by atoms with Crippen LogP contribution in [-0.2, 0) is 4.74 Å². The van der Waals surface area contributed by atoms with Gasteiger partial charge in [0.2, 0.25) is 5.95 Å². The van der Waals surface area contributed by atoms with Gasteiger partial charge in [0.15, 0.2) is 5.82 Å². The summed E-state index contributed by atoms with van der Waals surface area (Å²) in [7, 11) is 0. The van der Waals surface area contributed by atoms with Gasteiger partial charge in [-0.3, -0.25) is 14.9 Å². The van der Waals surface area contributed by atoms with Crippen LogP contribution in [0.2, 0.25) is 0 Å². The van der Waals surface area contributed by atoms with E-state index in [0.29, 0.717) is 60.4 Å². The first-order valence-electron chi connectivity index (χ1n) is 12.2. The molecule has 0 bridgehead atoms. The lowest BCUT2D eigenvalue weighted by Gasteiger charge is -2.42. The summed E-state index contributed by atoms with van der Waals surface area (Å²) in [4.78, 5) is 15.1. The number of fused-ring (bicyclic) bond motifs is 1. The molecule has 0 saturated carbocycles. The third kappa shape index (κ3) is 5.63. The number of aryl methyl sites for hydroxylation is 1. The zero-order valence-electron chi connectivity index (χ0n) is 20.7. The number of likely N-dealkylation sites (tertiary alicyclic amines) is 1. The summed E-state index contributed by atoms with van der Waals surface area (Å²) in [5.74, 6) is 0.435. The lowest BCUT2D eigenvalue weighted by atomic mass is 10.0. The fraction of sp³-hybridized carbons (Fsp3) is 0.440. The molecule has 0 radical (unpaired) electrons. The molecule has 3 aromatic rings. The van der Waals surface area contributed by atoms with Crippen molar-refractivity contribution in [1.29, 1.82) is 0 Å². The van der Waals surface area contributed by atoms with Crippen LogP contribution >= 0.6 is 0 Å². The van der Waals surface area contributed by atoms with Crippen molar-refractivity contribution in [1.82, 2.24) is 24.5 Å². The summed E-state index contributed by atoms with van der Waals surface area (Å²) in [6.45, 7) is 7.50. The van der Waals surface area contributed by atoms with Crippen LogP contribution in [-0.4, -0.2) is 81.4 Å². The van der Waals surface area contributed by atoms with E-state index in [-0.39, 0.29) is 17.3 Å². The molecule has 0 aliphatic carbocycles. The van der Waals surface area contributed by atoms with Gasteiger partial charge in [0.25, 0.3) is 0 Å². The average molecular weight is 533 g/mol. The van der Waals surface area contributed by atoms with Crippen molar-refractivity contribution >= 4 is 29.2 Å². The summed E-state index contributed by atoms with van der Waals surface area (Å²) >= 11 is 0. The molecule has 9 nitrogen and oxygen atoms in total. The summed E-state index contributed by atoms with van der Waals surface area (Å²) in [6.07, 6.45) is -3.13. The highest BCUT2D eigenvalue weighted by atomic mass is 19.4. The van der Waals surface area contributed by atoms with Crippen LogP contribution in [0.5, 0.6) is 0 Å². The minimum atomic E-state index is -4.34. The van der Waals surface area contributed by atoms with Gasteiger partial charge in [0, 0.05) is 31.1 Å². The molecule has 38 heavy (non-hydrogen) atoms. The number of piperidine rings is 1. The molecule has 0 aromatic carbocycles. The number of hydrogen-bond donors (Lipinski definition) is 2. The van der Waals surface area contributed by atoms with E-state index >= 15 is 0 Å². The molecule has 5 rings (SSSR count). The third-order valence-corrected chi connectivity index (χ3v) is 6.71. The molecule has 3 aromatic heterocycles. The Balaban J connectivity index is 1.31. The number of nitrogens with one attached hydrogen (secondary N) is 1. The van der Waals surface area contributed by atoms with E-state index in [9.17, 15) is 17.6 Å². The molecular formula is C25H28F4N8O. The largest absolute Gasteiger partial charge is 0.393 e. The highest BCUT2D eigenvalue weighted by molar-refractivity contribution is 5.87. The Morgan fingerprint density at radius 1 is 1.29 bits per heavy atom. The zero-order chi connectivity index (χ0) is 27.0. The van der Waals surface area contributed by atoms with Crippen molar-refractivity contribution in [2.45, 2.75) is 44.2 Å². The Hall–Kier alpha value is -3.58. The molecule has 0 amide bonds. The van der Waals surface area contributed by atoms with E-state index < -0.39 is 24.8 Å². The standard InChI is InChI=1S/C25H28F4N8O/c1-14(9-25(27,28)29)10-31-19-3-4-20(32-15(19)2)17-5-8-37-22(17)23(30)34-24(35-37)33-21-6-7-36(11-18(21)26)16-12-38-13-16/h3-5,8,10,16,18,21H,1,6-7,9,11-13H2,2H3,(H3,30,33,34,35)/t18-,21+/m0/s1. The first-order valence-corrected chi connectivity index (χ1v) is 12.2. The van der Waals surface area contributed by atoms with Crippen LogP contribution in [0, 0.1) is 6.92 Å². The number of nitrogens with zero attached hydrogens (tertiary/aromatic N) is 6. The third-order valence-electron chi connectivity index (χ3n) is 6.71. The summed E-state index contributed by atoms with van der Waals surface area (Å²) < 4.78 is 59.2. The Bertz CT molecular complexity index is 1370. The van der Waals surface area contributed by atoms with E-state index in [2.05, 4.69) is 36.9 Å². The van der Waals surface area contributed by atoms with E-state index in [4.69, 9.17) is 10.5 Å². The SMILES string of the molecule is C=C(C=Nc1ccc(-c2ccn3nc(N[C@@H]4CCN(C5COC5)C[C@@H]4F)nc(N)c23)nc1C)CC(F)(F)F. The molecule has 2 aliphatic heterocycles. The number of pyridine rings is 1. The molecule has 5 heterocycles. The maximum atomic E-state index is 14.9. The predicted octanol–water partition coefficient (Wildman–Crippen LogP) is 4.12. The number of aromatic nitrogens is 4. The number of rotatable bonds is 7. The second-order valence-corrected chi connectivity index (χ2v) is 9.59. The molecule has 0 unspecified atom stereocenters. The van der Waals surface area contributed by atoms with Gasteiger partial charge in [0.1, 0.15) is 11.7 Å². The fourth-order valence-corrected chi connectivity index (χ4v) is 4.65. The lowest BCUT2D eigenvalue weighted by molar-refractivity contribution is -0.125. The van der Waals surface area contributed by atoms with Crippen molar-refractivity contribution in [3.05, 3.63) is 42.2 Å². The number of nitrogen functional groups attached to an aromatic ring is 1. The Morgan fingerprint density at radius 3 is 2.74 bits per heavy atom. The lowest BCUT2D eigenvalue weighted by Crippen LogP contribution is -2.57. The predicted molar refractivity (Wildman–Crippen MR) is 136 cm³/mol. The van der Waals surface area contributed by atoms with Crippen molar-refractivity contribution in [2.24, 2.45) is 4.99 Å². The van der Waals surface area contributed by atoms with Crippen LogP contribution in [0.3, 0.4) is 0 Å². The molecule has 0 spiro atoms. The van der Waals surface area contributed by atoms with Crippen molar-refractivity contribution in [3.8, 4) is 11.3 Å². The number of hydrogen-bond acceptors (Lipinski definition) is 8. The van der Waals surface area contributed by atoms with Crippen LogP contribution in [0.4, 0.5) is 35.0 Å². The van der Waals surface area contributed by atoms with Gasteiger partial charge in [-0.05, 0) is 37.1 Å². The number of allylic oxidation sites excluding steroid dienone is 1. The van der Waals surface area contributed by atoms with E-state index in [1.54, 1.807) is 35.8 Å². The summed E-state index contributed by atoms with van der Waals surface area (Å²) in [5.41, 5.74) is 8.87. The minimum Gasteiger partial charge on any atom is -0.382 e. The Kier molecular flexibility index (Phi) is 7.05. The molecule has 13 heteroatoms. The van der Waals surface area contributed by atoms with Crippen molar-refractivity contribution in [3.63, 3.8) is 0 Å². The zero-order valence-corrected chi connectivity index (χ0v) is 20.7. The van der Waals surface area contributed by atoms with Gasteiger partial charge in [-0.25, -0.2) is 8.91 Å². The average Bonchev–Trinajstić information content (AvgIpc) is 3.22. The second kappa shape index (κ2) is 10.3. The number of alkyl halides is 4. The first-order chi connectivity index (χ1) is 18.1. The van der Waals surface area contributed by atoms with Gasteiger partial charge >= 0.3 is 6.18 Å². The summed E-state index contributed by atoms with van der Waals surface area (Å²) in [6, 6.07) is 5.01. The van der Waals surface area contributed by atoms with E-state index in [1.165, 1.54) is 0 Å². The van der Waals surface area contributed by atoms with Gasteiger partial charge in [-0.2, -0.15) is 18.2 Å². The maximum absolute atomic E-state index is 14.9. The first kappa shape index (κ1) is 26.0. The van der Waals surface area contributed by atoms with Crippen molar-refractivity contribution in [2.75, 3.05) is 37.4 Å².